The highest BCUT2D eigenvalue weighted by Crippen LogP contribution is 2.17. The molecule has 3 heteroatoms. The van der Waals surface area contributed by atoms with Crippen LogP contribution in [-0.2, 0) is 11.2 Å². The maximum absolute atomic E-state index is 5.75. The quantitative estimate of drug-likeness (QED) is 0.770. The van der Waals surface area contributed by atoms with Gasteiger partial charge in [0.1, 0.15) is 0 Å². The van der Waals surface area contributed by atoms with Crippen molar-refractivity contribution in [3.63, 3.8) is 0 Å². The van der Waals surface area contributed by atoms with Gasteiger partial charge in [-0.1, -0.05) is 19.9 Å². The molecule has 102 valence electrons. The van der Waals surface area contributed by atoms with Gasteiger partial charge in [0.15, 0.2) is 0 Å². The van der Waals surface area contributed by atoms with E-state index < -0.39 is 0 Å². The van der Waals surface area contributed by atoms with Gasteiger partial charge in [-0.25, -0.2) is 0 Å². The Morgan fingerprint density at radius 2 is 2.11 bits per heavy atom. The topological polar surface area (TPSA) is 34.1 Å². The van der Waals surface area contributed by atoms with Crippen LogP contribution in [0.3, 0.4) is 0 Å². The molecule has 0 aromatic carbocycles. The molecule has 1 unspecified atom stereocenters. The van der Waals surface area contributed by atoms with Gasteiger partial charge in [0, 0.05) is 6.20 Å². The van der Waals surface area contributed by atoms with E-state index in [1.807, 2.05) is 12.3 Å². The zero-order valence-electron chi connectivity index (χ0n) is 12.1. The van der Waals surface area contributed by atoms with Crippen molar-refractivity contribution < 1.29 is 4.74 Å². The molecular weight excluding hydrogens is 224 g/mol. The highest BCUT2D eigenvalue weighted by Gasteiger charge is 2.16. The van der Waals surface area contributed by atoms with E-state index in [1.54, 1.807) is 0 Å². The Morgan fingerprint density at radius 1 is 1.33 bits per heavy atom. The lowest BCUT2D eigenvalue weighted by molar-refractivity contribution is 0.0601. The Bertz CT molecular complexity index is 339. The number of rotatable bonds is 8. The number of nitrogens with one attached hydrogen (secondary N) is 1. The molecule has 0 saturated carbocycles. The van der Waals surface area contributed by atoms with Crippen LogP contribution in [0.2, 0.25) is 0 Å². The number of nitrogens with zero attached hydrogens (tertiary/aromatic N) is 1. The third-order valence-electron chi connectivity index (χ3n) is 2.87. The van der Waals surface area contributed by atoms with Gasteiger partial charge < -0.3 is 10.1 Å². The minimum absolute atomic E-state index is 0.198. The molecule has 0 fully saturated rings. The molecule has 0 bridgehead atoms. The monoisotopic (exact) mass is 250 g/mol. The van der Waals surface area contributed by atoms with E-state index in [9.17, 15) is 0 Å². The van der Waals surface area contributed by atoms with Crippen molar-refractivity contribution >= 4 is 0 Å². The lowest BCUT2D eigenvalue weighted by Crippen LogP contribution is -2.29. The van der Waals surface area contributed by atoms with Crippen LogP contribution in [0.5, 0.6) is 0 Å². The van der Waals surface area contributed by atoms with Crippen LogP contribution in [0.15, 0.2) is 18.3 Å². The smallest absolute Gasteiger partial charge is 0.0735 e. The maximum Gasteiger partial charge on any atom is 0.0735 e. The molecule has 1 N–H and O–H groups in total. The number of pyridine rings is 1. The Kier molecular flexibility index (Phi) is 6.91. The van der Waals surface area contributed by atoms with Gasteiger partial charge in [0.2, 0.25) is 0 Å². The molecule has 0 amide bonds. The molecule has 0 aliphatic heterocycles. The summed E-state index contributed by atoms with van der Waals surface area (Å²) >= 11 is 0. The van der Waals surface area contributed by atoms with Gasteiger partial charge in [0.05, 0.1) is 24.4 Å². The Hall–Kier alpha value is -0.930. The Morgan fingerprint density at radius 3 is 2.72 bits per heavy atom. The van der Waals surface area contributed by atoms with Gasteiger partial charge in [-0.05, 0) is 44.9 Å². The SMILES string of the molecule is CCCNC(COC(C)C)c1ncccc1CC. The third-order valence-corrected chi connectivity index (χ3v) is 2.87. The maximum atomic E-state index is 5.75. The first-order chi connectivity index (χ1) is 8.69. The van der Waals surface area contributed by atoms with Gasteiger partial charge in [-0.2, -0.15) is 0 Å². The molecule has 1 atom stereocenters. The summed E-state index contributed by atoms with van der Waals surface area (Å²) in [5.41, 5.74) is 2.44. The lowest BCUT2D eigenvalue weighted by atomic mass is 10.1. The molecule has 0 saturated heterocycles. The second-order valence-electron chi connectivity index (χ2n) is 4.79. The number of hydrogen-bond acceptors (Lipinski definition) is 3. The molecular formula is C15H26N2O. The lowest BCUT2D eigenvalue weighted by Gasteiger charge is -2.21. The molecule has 0 spiro atoms. The van der Waals surface area contributed by atoms with Crippen molar-refractivity contribution in [3.8, 4) is 0 Å². The fraction of sp³-hybridized carbons (Fsp3) is 0.667. The second kappa shape index (κ2) is 8.22. The van der Waals surface area contributed by atoms with Crippen molar-refractivity contribution in [2.45, 2.75) is 52.7 Å². The molecule has 1 aromatic rings. The van der Waals surface area contributed by atoms with E-state index in [0.717, 1.165) is 25.1 Å². The van der Waals surface area contributed by atoms with Gasteiger partial charge in [0.25, 0.3) is 0 Å². The van der Waals surface area contributed by atoms with Gasteiger partial charge >= 0.3 is 0 Å². The van der Waals surface area contributed by atoms with Crippen molar-refractivity contribution in [1.29, 1.82) is 0 Å². The first-order valence-electron chi connectivity index (χ1n) is 6.97. The molecule has 1 heterocycles. The van der Waals surface area contributed by atoms with E-state index in [2.05, 4.69) is 44.1 Å². The predicted molar refractivity (Wildman–Crippen MR) is 75.7 cm³/mol. The second-order valence-corrected chi connectivity index (χ2v) is 4.79. The summed E-state index contributed by atoms with van der Waals surface area (Å²) in [6, 6.07) is 4.35. The summed E-state index contributed by atoms with van der Waals surface area (Å²) in [4.78, 5) is 4.54. The molecule has 18 heavy (non-hydrogen) atoms. The minimum atomic E-state index is 0.198. The molecule has 1 aromatic heterocycles. The summed E-state index contributed by atoms with van der Waals surface area (Å²) in [7, 11) is 0. The summed E-state index contributed by atoms with van der Waals surface area (Å²) in [5, 5.41) is 3.53. The molecule has 3 nitrogen and oxygen atoms in total. The first-order valence-corrected chi connectivity index (χ1v) is 6.97. The largest absolute Gasteiger partial charge is 0.377 e. The average molecular weight is 250 g/mol. The average Bonchev–Trinajstić information content (AvgIpc) is 2.38. The Labute approximate surface area is 111 Å². The molecule has 0 radical (unpaired) electrons. The summed E-state index contributed by atoms with van der Waals surface area (Å²) < 4.78 is 5.75. The molecule has 0 aliphatic carbocycles. The van der Waals surface area contributed by atoms with Crippen molar-refractivity contribution in [1.82, 2.24) is 10.3 Å². The third kappa shape index (κ3) is 4.75. The number of hydrogen-bond donors (Lipinski definition) is 1. The standard InChI is InChI=1S/C15H26N2O/c1-5-9-16-14(11-18-12(3)4)15-13(6-2)8-7-10-17-15/h7-8,10,12,14,16H,5-6,9,11H2,1-4H3. The summed E-state index contributed by atoms with van der Waals surface area (Å²) in [6.07, 6.45) is 4.25. The van der Waals surface area contributed by atoms with Crippen LogP contribution in [0.4, 0.5) is 0 Å². The fourth-order valence-corrected chi connectivity index (χ4v) is 1.91. The minimum Gasteiger partial charge on any atom is -0.377 e. The van der Waals surface area contributed by atoms with Crippen molar-refractivity contribution in [2.75, 3.05) is 13.2 Å². The van der Waals surface area contributed by atoms with E-state index in [-0.39, 0.29) is 12.1 Å². The predicted octanol–water partition coefficient (Wildman–Crippen LogP) is 3.11. The zero-order valence-corrected chi connectivity index (χ0v) is 12.1. The van der Waals surface area contributed by atoms with Crippen LogP contribution in [0.25, 0.3) is 0 Å². The number of aromatic nitrogens is 1. The summed E-state index contributed by atoms with van der Waals surface area (Å²) in [6.45, 7) is 10.1. The van der Waals surface area contributed by atoms with E-state index in [0.29, 0.717) is 6.61 Å². The highest BCUT2D eigenvalue weighted by atomic mass is 16.5. The number of ether oxygens (including phenoxy) is 1. The molecule has 0 aliphatic rings. The van der Waals surface area contributed by atoms with Crippen LogP contribution < -0.4 is 5.32 Å². The summed E-state index contributed by atoms with van der Waals surface area (Å²) in [5.74, 6) is 0. The van der Waals surface area contributed by atoms with E-state index >= 15 is 0 Å². The van der Waals surface area contributed by atoms with Crippen molar-refractivity contribution in [2.24, 2.45) is 0 Å². The van der Waals surface area contributed by atoms with Crippen LogP contribution in [0, 0.1) is 0 Å². The van der Waals surface area contributed by atoms with Crippen LogP contribution >= 0.6 is 0 Å². The van der Waals surface area contributed by atoms with E-state index in [1.165, 1.54) is 5.56 Å². The fourth-order valence-electron chi connectivity index (χ4n) is 1.91. The highest BCUT2D eigenvalue weighted by molar-refractivity contribution is 5.23. The number of aryl methyl sites for hydroxylation is 1. The molecule has 1 rings (SSSR count). The normalized spacial score (nSPS) is 12.9. The van der Waals surface area contributed by atoms with Crippen LogP contribution in [-0.4, -0.2) is 24.2 Å². The van der Waals surface area contributed by atoms with Gasteiger partial charge in [-0.15, -0.1) is 0 Å². The van der Waals surface area contributed by atoms with Crippen molar-refractivity contribution in [3.05, 3.63) is 29.6 Å². The zero-order chi connectivity index (χ0) is 13.4. The van der Waals surface area contributed by atoms with E-state index in [4.69, 9.17) is 4.74 Å². The Balaban J connectivity index is 2.79. The first kappa shape index (κ1) is 15.1. The van der Waals surface area contributed by atoms with Gasteiger partial charge in [-0.3, -0.25) is 4.98 Å². The van der Waals surface area contributed by atoms with Crippen LogP contribution in [0.1, 0.15) is 51.4 Å².